The fraction of sp³-hybridized carbons (Fsp3) is 0.364. The smallest absolute Gasteiger partial charge is 0.315 e. The van der Waals surface area contributed by atoms with Crippen LogP contribution in [0.3, 0.4) is 0 Å². The molecule has 0 aliphatic heterocycles. The van der Waals surface area contributed by atoms with Crippen molar-refractivity contribution in [3.05, 3.63) is 35.4 Å². The van der Waals surface area contributed by atoms with Crippen LogP contribution in [0.2, 0.25) is 0 Å². The summed E-state index contributed by atoms with van der Waals surface area (Å²) < 4.78 is 0. The average molecular weight is 227 g/mol. The van der Waals surface area contributed by atoms with Crippen molar-refractivity contribution in [1.29, 1.82) is 0 Å². The fourth-order valence-corrected chi connectivity index (χ4v) is 1.32. The van der Waals surface area contributed by atoms with Crippen LogP contribution in [0, 0.1) is 6.92 Å². The molecular weight excluding hydrogens is 212 g/mol. The minimum atomic E-state index is -0.183. The topological polar surface area (TPSA) is 41.1 Å². The number of carbonyl (C=O) groups excluding carboxylic acids is 1. The summed E-state index contributed by atoms with van der Waals surface area (Å²) in [5.41, 5.74) is 2.28. The maximum Gasteiger partial charge on any atom is 0.315 e. The Hall–Kier alpha value is -1.22. The third kappa shape index (κ3) is 4.70. The zero-order valence-electron chi connectivity index (χ0n) is 8.72. The number of carbonyl (C=O) groups is 1. The van der Waals surface area contributed by atoms with Crippen LogP contribution in [0.5, 0.6) is 0 Å². The van der Waals surface area contributed by atoms with Crippen LogP contribution >= 0.6 is 11.6 Å². The van der Waals surface area contributed by atoms with Gasteiger partial charge in [0, 0.05) is 19.0 Å². The van der Waals surface area contributed by atoms with Crippen LogP contribution in [0.25, 0.3) is 0 Å². The van der Waals surface area contributed by atoms with Crippen LogP contribution in [-0.2, 0) is 6.54 Å². The van der Waals surface area contributed by atoms with Gasteiger partial charge in [-0.15, -0.1) is 11.6 Å². The number of amides is 2. The van der Waals surface area contributed by atoms with Crippen LogP contribution in [-0.4, -0.2) is 18.5 Å². The average Bonchev–Trinajstić information content (AvgIpc) is 2.23. The number of urea groups is 1. The summed E-state index contributed by atoms with van der Waals surface area (Å²) in [5, 5.41) is 5.39. The number of halogens is 1. The third-order valence-electron chi connectivity index (χ3n) is 1.92. The molecule has 1 aromatic rings. The van der Waals surface area contributed by atoms with Gasteiger partial charge in [0.25, 0.3) is 0 Å². The number of hydrogen-bond donors (Lipinski definition) is 2. The molecule has 0 fully saturated rings. The van der Waals surface area contributed by atoms with Gasteiger partial charge in [-0.3, -0.25) is 0 Å². The van der Waals surface area contributed by atoms with Gasteiger partial charge in [-0.1, -0.05) is 29.8 Å². The zero-order chi connectivity index (χ0) is 11.1. The van der Waals surface area contributed by atoms with Crippen molar-refractivity contribution in [3.63, 3.8) is 0 Å². The Kier molecular flexibility index (Phi) is 4.98. The Bertz CT molecular complexity index is 328. The lowest BCUT2D eigenvalue weighted by atomic mass is 10.1. The summed E-state index contributed by atoms with van der Waals surface area (Å²) in [4.78, 5) is 11.2. The molecule has 1 aromatic carbocycles. The molecule has 0 aliphatic carbocycles. The third-order valence-corrected chi connectivity index (χ3v) is 2.10. The summed E-state index contributed by atoms with van der Waals surface area (Å²) in [6.07, 6.45) is 0. The number of aryl methyl sites for hydroxylation is 1. The molecule has 4 heteroatoms. The summed E-state index contributed by atoms with van der Waals surface area (Å²) in [6.45, 7) is 3.05. The Balaban J connectivity index is 2.33. The molecule has 0 unspecified atom stereocenters. The van der Waals surface area contributed by atoms with E-state index >= 15 is 0 Å². The van der Waals surface area contributed by atoms with Gasteiger partial charge in [-0.2, -0.15) is 0 Å². The number of benzene rings is 1. The van der Waals surface area contributed by atoms with E-state index in [2.05, 4.69) is 10.6 Å². The Morgan fingerprint density at radius 2 is 2.20 bits per heavy atom. The van der Waals surface area contributed by atoms with Gasteiger partial charge in [0.15, 0.2) is 0 Å². The van der Waals surface area contributed by atoms with Crippen molar-refractivity contribution in [2.45, 2.75) is 13.5 Å². The summed E-state index contributed by atoms with van der Waals surface area (Å²) in [7, 11) is 0. The first kappa shape index (κ1) is 11.9. The first-order valence-electron chi connectivity index (χ1n) is 4.85. The summed E-state index contributed by atoms with van der Waals surface area (Å²) in [6, 6.07) is 7.84. The molecule has 2 N–H and O–H groups in total. The lowest BCUT2D eigenvalue weighted by Gasteiger charge is -2.06. The SMILES string of the molecule is Cc1cccc(CNC(=O)NCCCl)c1. The quantitative estimate of drug-likeness (QED) is 0.758. The lowest BCUT2D eigenvalue weighted by molar-refractivity contribution is 0.241. The highest BCUT2D eigenvalue weighted by atomic mass is 35.5. The van der Waals surface area contributed by atoms with Crippen LogP contribution in [0.4, 0.5) is 4.79 Å². The second-order valence-corrected chi connectivity index (χ2v) is 3.67. The highest BCUT2D eigenvalue weighted by Gasteiger charge is 1.98. The van der Waals surface area contributed by atoms with Gasteiger partial charge in [-0.25, -0.2) is 4.79 Å². The first-order valence-corrected chi connectivity index (χ1v) is 5.39. The molecule has 0 aliphatic rings. The first-order chi connectivity index (χ1) is 7.22. The minimum absolute atomic E-state index is 0.183. The maximum atomic E-state index is 11.2. The largest absolute Gasteiger partial charge is 0.337 e. The fourth-order valence-electron chi connectivity index (χ4n) is 1.23. The van der Waals surface area contributed by atoms with E-state index in [1.165, 1.54) is 5.56 Å². The molecule has 0 spiro atoms. The normalized spacial score (nSPS) is 9.73. The van der Waals surface area contributed by atoms with Crippen LogP contribution in [0.1, 0.15) is 11.1 Å². The molecule has 0 saturated carbocycles. The van der Waals surface area contributed by atoms with Gasteiger partial charge in [0.05, 0.1) is 0 Å². The molecule has 0 bridgehead atoms. The molecule has 2 amide bonds. The second kappa shape index (κ2) is 6.30. The van der Waals surface area contributed by atoms with Gasteiger partial charge >= 0.3 is 6.03 Å². The van der Waals surface area contributed by atoms with Crippen molar-refractivity contribution < 1.29 is 4.79 Å². The molecule has 0 heterocycles. The van der Waals surface area contributed by atoms with Crippen LogP contribution < -0.4 is 10.6 Å². The number of hydrogen-bond acceptors (Lipinski definition) is 1. The molecule has 3 nitrogen and oxygen atoms in total. The summed E-state index contributed by atoms with van der Waals surface area (Å²) >= 11 is 5.44. The number of alkyl halides is 1. The van der Waals surface area contributed by atoms with E-state index < -0.39 is 0 Å². The zero-order valence-corrected chi connectivity index (χ0v) is 9.47. The predicted molar refractivity (Wildman–Crippen MR) is 62.1 cm³/mol. The van der Waals surface area contributed by atoms with E-state index in [1.807, 2.05) is 31.2 Å². The van der Waals surface area contributed by atoms with Crippen molar-refractivity contribution in [2.24, 2.45) is 0 Å². The van der Waals surface area contributed by atoms with E-state index in [-0.39, 0.29) is 6.03 Å². The lowest BCUT2D eigenvalue weighted by Crippen LogP contribution is -2.36. The van der Waals surface area contributed by atoms with Crippen molar-refractivity contribution in [2.75, 3.05) is 12.4 Å². The van der Waals surface area contributed by atoms with Crippen molar-refractivity contribution >= 4 is 17.6 Å². The summed E-state index contributed by atoms with van der Waals surface area (Å²) in [5.74, 6) is 0.428. The van der Waals surface area contributed by atoms with E-state index in [1.54, 1.807) is 0 Å². The van der Waals surface area contributed by atoms with E-state index in [9.17, 15) is 4.79 Å². The molecule has 82 valence electrons. The van der Waals surface area contributed by atoms with E-state index in [0.717, 1.165) is 5.56 Å². The highest BCUT2D eigenvalue weighted by Crippen LogP contribution is 2.02. The van der Waals surface area contributed by atoms with E-state index in [4.69, 9.17) is 11.6 Å². The van der Waals surface area contributed by atoms with Gasteiger partial charge in [0.1, 0.15) is 0 Å². The minimum Gasteiger partial charge on any atom is -0.337 e. The standard InChI is InChI=1S/C11H15ClN2O/c1-9-3-2-4-10(7-9)8-14-11(15)13-6-5-12/h2-4,7H,5-6,8H2,1H3,(H2,13,14,15). The number of rotatable bonds is 4. The molecule has 0 saturated heterocycles. The monoisotopic (exact) mass is 226 g/mol. The van der Waals surface area contributed by atoms with Gasteiger partial charge in [-0.05, 0) is 12.5 Å². The predicted octanol–water partition coefficient (Wildman–Crippen LogP) is 2.03. The molecule has 15 heavy (non-hydrogen) atoms. The Morgan fingerprint density at radius 3 is 2.87 bits per heavy atom. The molecule has 1 rings (SSSR count). The highest BCUT2D eigenvalue weighted by molar-refractivity contribution is 6.18. The van der Waals surface area contributed by atoms with Crippen molar-refractivity contribution in [1.82, 2.24) is 10.6 Å². The maximum absolute atomic E-state index is 11.2. The Morgan fingerprint density at radius 1 is 1.40 bits per heavy atom. The van der Waals surface area contributed by atoms with Crippen LogP contribution in [0.15, 0.2) is 24.3 Å². The van der Waals surface area contributed by atoms with Gasteiger partial charge < -0.3 is 10.6 Å². The molecule has 0 atom stereocenters. The Labute approximate surface area is 94.8 Å². The molecule has 0 radical (unpaired) electrons. The van der Waals surface area contributed by atoms with E-state index in [0.29, 0.717) is 19.0 Å². The molecule has 0 aromatic heterocycles. The van der Waals surface area contributed by atoms with Crippen molar-refractivity contribution in [3.8, 4) is 0 Å². The molecular formula is C11H15ClN2O. The van der Waals surface area contributed by atoms with Gasteiger partial charge in [0.2, 0.25) is 0 Å². The number of nitrogens with one attached hydrogen (secondary N) is 2. The second-order valence-electron chi connectivity index (χ2n) is 3.29.